The molecular weight excluding hydrogens is 392 g/mol. The number of rotatable bonds is 2. The van der Waals surface area contributed by atoms with Crippen LogP contribution in [0.5, 0.6) is 0 Å². The summed E-state index contributed by atoms with van der Waals surface area (Å²) in [5.41, 5.74) is 1.25. The number of aromatic nitrogens is 1. The van der Waals surface area contributed by atoms with Crippen molar-refractivity contribution in [3.05, 3.63) is 64.4 Å². The molecule has 1 amide bonds. The molecule has 1 aromatic heterocycles. The number of carbonyl (C=O) groups is 1. The van der Waals surface area contributed by atoms with Crippen LogP contribution in [0, 0.1) is 0 Å². The molecule has 1 saturated heterocycles. The van der Waals surface area contributed by atoms with Gasteiger partial charge in [-0.25, -0.2) is 8.42 Å². The molecule has 5 nitrogen and oxygen atoms in total. The van der Waals surface area contributed by atoms with Gasteiger partial charge in [0.2, 0.25) is 0 Å². The Bertz CT molecular complexity index is 840. The van der Waals surface area contributed by atoms with Crippen LogP contribution in [0.3, 0.4) is 0 Å². The number of hydrogen-bond donors (Lipinski definition) is 0. The van der Waals surface area contributed by atoms with Crippen molar-refractivity contribution in [2.45, 2.75) is 11.7 Å². The Morgan fingerprint density at radius 3 is 2.62 bits per heavy atom. The second-order valence-electron chi connectivity index (χ2n) is 5.74. The standard InChI is InChI=1S/C17H17BrN2O3S/c18-15-10-14(11-19-12-15)17(21)20-7-6-16(24(22,23)9-8-20)13-4-2-1-3-5-13/h1-5,10-12,16H,6-9H2/t16-/m0/s1. The molecule has 0 aliphatic carbocycles. The minimum atomic E-state index is -3.29. The van der Waals surface area contributed by atoms with Crippen LogP contribution in [0.2, 0.25) is 0 Å². The first-order valence-corrected chi connectivity index (χ1v) is 10.1. The van der Waals surface area contributed by atoms with E-state index in [1.165, 1.54) is 6.20 Å². The van der Waals surface area contributed by atoms with Gasteiger partial charge in [-0.1, -0.05) is 30.3 Å². The molecule has 1 atom stereocenters. The van der Waals surface area contributed by atoms with Gasteiger partial charge in [-0.3, -0.25) is 9.78 Å². The summed E-state index contributed by atoms with van der Waals surface area (Å²) in [4.78, 5) is 18.2. The van der Waals surface area contributed by atoms with E-state index < -0.39 is 15.1 Å². The molecule has 1 aromatic carbocycles. The van der Waals surface area contributed by atoms with Crippen LogP contribution in [0.15, 0.2) is 53.3 Å². The van der Waals surface area contributed by atoms with E-state index >= 15 is 0 Å². The molecule has 0 radical (unpaired) electrons. The van der Waals surface area contributed by atoms with Crippen LogP contribution in [0.1, 0.15) is 27.6 Å². The number of hydrogen-bond acceptors (Lipinski definition) is 4. The second kappa shape index (κ2) is 7.03. The average molecular weight is 409 g/mol. The highest BCUT2D eigenvalue weighted by Crippen LogP contribution is 2.29. The van der Waals surface area contributed by atoms with Gasteiger partial charge in [0, 0.05) is 30.0 Å². The third-order valence-electron chi connectivity index (χ3n) is 4.15. The number of benzene rings is 1. The van der Waals surface area contributed by atoms with Crippen molar-refractivity contribution < 1.29 is 13.2 Å². The molecule has 1 fully saturated rings. The fourth-order valence-electron chi connectivity index (χ4n) is 2.90. The Labute approximate surface area is 149 Å². The van der Waals surface area contributed by atoms with Crippen molar-refractivity contribution in [1.82, 2.24) is 9.88 Å². The van der Waals surface area contributed by atoms with Crippen LogP contribution in [-0.2, 0) is 9.84 Å². The minimum Gasteiger partial charge on any atom is -0.338 e. The normalized spacial score (nSPS) is 20.4. The first-order valence-electron chi connectivity index (χ1n) is 7.64. The van der Waals surface area contributed by atoms with E-state index in [4.69, 9.17) is 0 Å². The molecule has 24 heavy (non-hydrogen) atoms. The largest absolute Gasteiger partial charge is 0.338 e. The molecule has 0 N–H and O–H groups in total. The quantitative estimate of drug-likeness (QED) is 0.765. The molecule has 1 aliphatic heterocycles. The lowest BCUT2D eigenvalue weighted by Crippen LogP contribution is -2.33. The summed E-state index contributed by atoms with van der Waals surface area (Å²) >= 11 is 3.30. The highest BCUT2D eigenvalue weighted by molar-refractivity contribution is 9.10. The summed E-state index contributed by atoms with van der Waals surface area (Å²) in [6.45, 7) is 0.612. The van der Waals surface area contributed by atoms with E-state index in [1.54, 1.807) is 17.2 Å². The lowest BCUT2D eigenvalue weighted by molar-refractivity contribution is 0.0766. The van der Waals surface area contributed by atoms with Crippen LogP contribution in [-0.4, -0.2) is 43.1 Å². The molecule has 0 saturated carbocycles. The Morgan fingerprint density at radius 2 is 1.92 bits per heavy atom. The van der Waals surface area contributed by atoms with Crippen LogP contribution < -0.4 is 0 Å². The Balaban J connectivity index is 1.82. The number of halogens is 1. The van der Waals surface area contributed by atoms with Gasteiger partial charge in [0.1, 0.15) is 0 Å². The lowest BCUT2D eigenvalue weighted by Gasteiger charge is -2.20. The molecule has 0 spiro atoms. The van der Waals surface area contributed by atoms with E-state index in [2.05, 4.69) is 20.9 Å². The van der Waals surface area contributed by atoms with Gasteiger partial charge < -0.3 is 4.90 Å². The highest BCUT2D eigenvalue weighted by Gasteiger charge is 2.32. The third kappa shape index (κ3) is 3.67. The summed E-state index contributed by atoms with van der Waals surface area (Å²) < 4.78 is 25.9. The van der Waals surface area contributed by atoms with Gasteiger partial charge in [0.15, 0.2) is 9.84 Å². The van der Waals surface area contributed by atoms with E-state index in [9.17, 15) is 13.2 Å². The van der Waals surface area contributed by atoms with Gasteiger partial charge in [-0.15, -0.1) is 0 Å². The molecule has 2 aromatic rings. The number of pyridine rings is 1. The molecule has 0 bridgehead atoms. The summed E-state index contributed by atoms with van der Waals surface area (Å²) in [6, 6.07) is 10.9. The first kappa shape index (κ1) is 17.1. The van der Waals surface area contributed by atoms with Gasteiger partial charge in [0.05, 0.1) is 16.6 Å². The fraction of sp³-hybridized carbons (Fsp3) is 0.294. The van der Waals surface area contributed by atoms with Gasteiger partial charge in [-0.05, 0) is 34.0 Å². The van der Waals surface area contributed by atoms with E-state index in [-0.39, 0.29) is 18.2 Å². The van der Waals surface area contributed by atoms with Gasteiger partial charge in [-0.2, -0.15) is 0 Å². The van der Waals surface area contributed by atoms with Gasteiger partial charge in [0.25, 0.3) is 5.91 Å². The molecule has 2 heterocycles. The maximum absolute atomic E-state index is 12.6. The fourth-order valence-corrected chi connectivity index (χ4v) is 5.06. The maximum atomic E-state index is 12.6. The zero-order chi connectivity index (χ0) is 17.2. The highest BCUT2D eigenvalue weighted by atomic mass is 79.9. The zero-order valence-corrected chi connectivity index (χ0v) is 15.3. The third-order valence-corrected chi connectivity index (χ3v) is 6.71. The van der Waals surface area contributed by atoms with Crippen LogP contribution in [0.25, 0.3) is 0 Å². The Morgan fingerprint density at radius 1 is 1.17 bits per heavy atom. The minimum absolute atomic E-state index is 0.0280. The van der Waals surface area contributed by atoms with Crippen molar-refractivity contribution in [1.29, 1.82) is 0 Å². The SMILES string of the molecule is O=C(c1cncc(Br)c1)N1CC[C@@H](c2ccccc2)S(=O)(=O)CC1. The molecule has 3 rings (SSSR count). The molecule has 0 unspecified atom stereocenters. The predicted octanol–water partition coefficient (Wildman–Crippen LogP) is 2.85. The molecular formula is C17H17BrN2O3S. The predicted molar refractivity (Wildman–Crippen MR) is 95.4 cm³/mol. The van der Waals surface area contributed by atoms with E-state index in [1.807, 2.05) is 30.3 Å². The van der Waals surface area contributed by atoms with Crippen molar-refractivity contribution in [2.75, 3.05) is 18.8 Å². The van der Waals surface area contributed by atoms with Crippen molar-refractivity contribution in [2.24, 2.45) is 0 Å². The van der Waals surface area contributed by atoms with Crippen molar-refractivity contribution in [3.8, 4) is 0 Å². The second-order valence-corrected chi connectivity index (χ2v) is 8.96. The number of nitrogens with zero attached hydrogens (tertiary/aromatic N) is 2. The Kier molecular flexibility index (Phi) is 5.01. The number of amides is 1. The van der Waals surface area contributed by atoms with E-state index in [0.29, 0.717) is 18.5 Å². The molecule has 126 valence electrons. The molecule has 1 aliphatic rings. The van der Waals surface area contributed by atoms with Crippen LogP contribution in [0.4, 0.5) is 0 Å². The van der Waals surface area contributed by atoms with Crippen molar-refractivity contribution in [3.63, 3.8) is 0 Å². The monoisotopic (exact) mass is 408 g/mol. The van der Waals surface area contributed by atoms with Crippen molar-refractivity contribution >= 4 is 31.7 Å². The number of carbonyl (C=O) groups excluding carboxylic acids is 1. The Hall–Kier alpha value is -1.73. The lowest BCUT2D eigenvalue weighted by atomic mass is 10.1. The van der Waals surface area contributed by atoms with E-state index in [0.717, 1.165) is 10.0 Å². The summed E-state index contributed by atoms with van der Waals surface area (Å²) in [5.74, 6) is -0.215. The van der Waals surface area contributed by atoms with Crippen LogP contribution >= 0.6 is 15.9 Å². The topological polar surface area (TPSA) is 67.3 Å². The molecule has 7 heteroatoms. The first-order chi connectivity index (χ1) is 11.5. The summed E-state index contributed by atoms with van der Waals surface area (Å²) in [5, 5.41) is -0.558. The summed E-state index contributed by atoms with van der Waals surface area (Å²) in [6.07, 6.45) is 3.51. The number of sulfone groups is 1. The maximum Gasteiger partial charge on any atom is 0.255 e. The average Bonchev–Trinajstić information content (AvgIpc) is 2.73. The van der Waals surface area contributed by atoms with Gasteiger partial charge >= 0.3 is 0 Å². The summed E-state index contributed by atoms with van der Waals surface area (Å²) in [7, 11) is -3.29. The smallest absolute Gasteiger partial charge is 0.255 e. The zero-order valence-electron chi connectivity index (χ0n) is 12.9.